The molecule has 4 nitrogen and oxygen atoms in total. The molecule has 1 aromatic rings. The van der Waals surface area contributed by atoms with Crippen LogP contribution in [0.1, 0.15) is 31.9 Å². The maximum absolute atomic E-state index is 11.4. The van der Waals surface area contributed by atoms with Crippen LogP contribution in [0.25, 0.3) is 0 Å². The Kier molecular flexibility index (Phi) is 4.89. The fraction of sp³-hybridized carbons (Fsp3) is 0.533. The lowest BCUT2D eigenvalue weighted by Gasteiger charge is -2.25. The Labute approximate surface area is 125 Å². The van der Waals surface area contributed by atoms with Crippen LogP contribution in [-0.4, -0.2) is 37.0 Å². The monoisotopic (exact) mass is 295 g/mol. The molecule has 2 rings (SSSR count). The van der Waals surface area contributed by atoms with Crippen molar-refractivity contribution in [3.63, 3.8) is 0 Å². The molecular formula is C15H22ClN3O. The molecule has 0 aliphatic carbocycles. The summed E-state index contributed by atoms with van der Waals surface area (Å²) < 4.78 is 0. The van der Waals surface area contributed by atoms with Gasteiger partial charge in [-0.3, -0.25) is 4.79 Å². The average molecular weight is 296 g/mol. The quantitative estimate of drug-likeness (QED) is 0.911. The van der Waals surface area contributed by atoms with E-state index in [-0.39, 0.29) is 11.9 Å². The molecule has 0 unspecified atom stereocenters. The second-order valence-corrected chi connectivity index (χ2v) is 5.75. The van der Waals surface area contributed by atoms with E-state index in [1.54, 1.807) is 6.92 Å². The number of benzene rings is 1. The average Bonchev–Trinajstić information content (AvgIpc) is 2.64. The van der Waals surface area contributed by atoms with Gasteiger partial charge in [-0.1, -0.05) is 17.7 Å². The molecule has 5 heteroatoms. The lowest BCUT2D eigenvalue weighted by Crippen LogP contribution is -2.33. The van der Waals surface area contributed by atoms with E-state index in [1.807, 2.05) is 30.0 Å². The van der Waals surface area contributed by atoms with E-state index in [1.165, 1.54) is 0 Å². The van der Waals surface area contributed by atoms with Crippen LogP contribution in [0.2, 0.25) is 5.02 Å². The van der Waals surface area contributed by atoms with Gasteiger partial charge in [0.25, 0.3) is 0 Å². The highest BCUT2D eigenvalue weighted by Gasteiger charge is 2.18. The summed E-state index contributed by atoms with van der Waals surface area (Å²) >= 11 is 6.38. The molecule has 20 heavy (non-hydrogen) atoms. The summed E-state index contributed by atoms with van der Waals surface area (Å²) in [6.45, 7) is 6.88. The first-order valence-corrected chi connectivity index (χ1v) is 7.42. The molecule has 1 saturated heterocycles. The molecule has 2 N–H and O–H groups in total. The minimum atomic E-state index is -0.0149. The van der Waals surface area contributed by atoms with Gasteiger partial charge in [-0.05, 0) is 31.0 Å². The second-order valence-electron chi connectivity index (χ2n) is 5.35. The Bertz CT molecular complexity index is 490. The first-order chi connectivity index (χ1) is 9.49. The molecule has 1 fully saturated rings. The van der Waals surface area contributed by atoms with Crippen LogP contribution in [0, 0.1) is 0 Å². The molecule has 0 radical (unpaired) electrons. The van der Waals surface area contributed by atoms with Gasteiger partial charge in [-0.25, -0.2) is 0 Å². The third kappa shape index (κ3) is 3.44. The highest BCUT2D eigenvalue weighted by molar-refractivity contribution is 6.33. The lowest BCUT2D eigenvalue weighted by atomic mass is 10.1. The molecule has 110 valence electrons. The molecule has 0 spiro atoms. The number of nitrogens with zero attached hydrogens (tertiary/aromatic N) is 2. The van der Waals surface area contributed by atoms with Gasteiger partial charge in [-0.2, -0.15) is 0 Å². The van der Waals surface area contributed by atoms with E-state index < -0.39 is 0 Å². The number of hydrogen-bond donors (Lipinski definition) is 1. The summed E-state index contributed by atoms with van der Waals surface area (Å²) in [7, 11) is 0. The Morgan fingerprint density at radius 3 is 2.65 bits per heavy atom. The van der Waals surface area contributed by atoms with Crippen LogP contribution in [-0.2, 0) is 4.79 Å². The minimum Gasteiger partial charge on any atom is -0.368 e. The van der Waals surface area contributed by atoms with E-state index in [4.69, 9.17) is 17.3 Å². The minimum absolute atomic E-state index is 0.0149. The Balaban J connectivity index is 2.13. The van der Waals surface area contributed by atoms with Crippen LogP contribution in [0.5, 0.6) is 0 Å². The van der Waals surface area contributed by atoms with Crippen LogP contribution in [0.15, 0.2) is 18.2 Å². The van der Waals surface area contributed by atoms with Crippen molar-refractivity contribution in [2.75, 3.05) is 31.1 Å². The lowest BCUT2D eigenvalue weighted by molar-refractivity contribution is -0.128. The van der Waals surface area contributed by atoms with Gasteiger partial charge in [0.05, 0.1) is 10.7 Å². The second kappa shape index (κ2) is 6.46. The summed E-state index contributed by atoms with van der Waals surface area (Å²) in [5.74, 6) is 0.144. The van der Waals surface area contributed by atoms with Gasteiger partial charge >= 0.3 is 0 Å². The molecule has 0 saturated carbocycles. The smallest absolute Gasteiger partial charge is 0.219 e. The van der Waals surface area contributed by atoms with Gasteiger partial charge in [-0.15, -0.1) is 0 Å². The zero-order chi connectivity index (χ0) is 14.7. The Hall–Kier alpha value is -1.26. The summed E-state index contributed by atoms with van der Waals surface area (Å²) in [5.41, 5.74) is 7.94. The summed E-state index contributed by atoms with van der Waals surface area (Å²) in [6.07, 6.45) is 0.963. The number of hydrogen-bond acceptors (Lipinski definition) is 3. The van der Waals surface area contributed by atoms with Crippen LogP contribution >= 0.6 is 11.6 Å². The van der Waals surface area contributed by atoms with E-state index in [2.05, 4.69) is 4.90 Å². The van der Waals surface area contributed by atoms with Crippen LogP contribution in [0.4, 0.5) is 5.69 Å². The van der Waals surface area contributed by atoms with Crippen LogP contribution in [0.3, 0.4) is 0 Å². The highest BCUT2D eigenvalue weighted by atomic mass is 35.5. The predicted octanol–water partition coefficient (Wildman–Crippen LogP) is 2.42. The van der Waals surface area contributed by atoms with E-state index >= 15 is 0 Å². The first kappa shape index (κ1) is 15.1. The number of amides is 1. The molecule has 1 atom stereocenters. The van der Waals surface area contributed by atoms with Gasteiger partial charge in [0.15, 0.2) is 0 Å². The van der Waals surface area contributed by atoms with E-state index in [9.17, 15) is 4.79 Å². The topological polar surface area (TPSA) is 49.6 Å². The standard InChI is InChI=1S/C15H22ClN3O/c1-11(17)13-4-5-15(14(16)10-13)19-7-3-6-18(8-9-19)12(2)20/h4-5,10-11H,3,6-9,17H2,1-2H3/t11-/m0/s1. The summed E-state index contributed by atoms with van der Waals surface area (Å²) in [5, 5.41) is 0.732. The molecule has 0 aromatic heterocycles. The van der Waals surface area contributed by atoms with Crippen molar-refractivity contribution in [1.29, 1.82) is 0 Å². The molecule has 1 amide bonds. The fourth-order valence-electron chi connectivity index (χ4n) is 2.54. The normalized spacial score (nSPS) is 17.8. The van der Waals surface area contributed by atoms with Gasteiger partial charge < -0.3 is 15.5 Å². The highest BCUT2D eigenvalue weighted by Crippen LogP contribution is 2.29. The van der Waals surface area contributed by atoms with Crippen molar-refractivity contribution in [3.8, 4) is 0 Å². The van der Waals surface area contributed by atoms with E-state index in [0.717, 1.165) is 48.9 Å². The van der Waals surface area contributed by atoms with Crippen molar-refractivity contribution in [1.82, 2.24) is 4.90 Å². The van der Waals surface area contributed by atoms with Crippen LogP contribution < -0.4 is 10.6 Å². The van der Waals surface area contributed by atoms with Gasteiger partial charge in [0.2, 0.25) is 5.91 Å². The maximum Gasteiger partial charge on any atom is 0.219 e. The van der Waals surface area contributed by atoms with Gasteiger partial charge in [0.1, 0.15) is 0 Å². The van der Waals surface area contributed by atoms with Crippen molar-refractivity contribution < 1.29 is 4.79 Å². The largest absolute Gasteiger partial charge is 0.368 e. The number of nitrogens with two attached hydrogens (primary N) is 1. The number of carbonyl (C=O) groups excluding carboxylic acids is 1. The van der Waals surface area contributed by atoms with E-state index in [0.29, 0.717) is 0 Å². The van der Waals surface area contributed by atoms with Crippen molar-refractivity contribution >= 4 is 23.2 Å². The third-order valence-electron chi connectivity index (χ3n) is 3.78. The summed E-state index contributed by atoms with van der Waals surface area (Å²) in [4.78, 5) is 15.6. The van der Waals surface area contributed by atoms with Gasteiger partial charge in [0, 0.05) is 39.1 Å². The SMILES string of the molecule is CC(=O)N1CCCN(c2ccc([C@H](C)N)cc2Cl)CC1. The fourth-order valence-corrected chi connectivity index (χ4v) is 2.84. The molecule has 1 aliphatic rings. The van der Waals surface area contributed by atoms with Crippen molar-refractivity contribution in [2.45, 2.75) is 26.3 Å². The molecule has 0 bridgehead atoms. The van der Waals surface area contributed by atoms with Crippen molar-refractivity contribution in [3.05, 3.63) is 28.8 Å². The van der Waals surface area contributed by atoms with Crippen molar-refractivity contribution in [2.24, 2.45) is 5.73 Å². The number of carbonyl (C=O) groups is 1. The third-order valence-corrected chi connectivity index (χ3v) is 4.08. The maximum atomic E-state index is 11.4. The zero-order valence-corrected chi connectivity index (χ0v) is 12.9. The zero-order valence-electron chi connectivity index (χ0n) is 12.1. The molecule has 1 aliphatic heterocycles. The molecule has 1 aromatic carbocycles. The number of anilines is 1. The number of rotatable bonds is 2. The Morgan fingerprint density at radius 1 is 1.30 bits per heavy atom. The number of halogens is 1. The summed E-state index contributed by atoms with van der Waals surface area (Å²) in [6, 6.07) is 5.98. The predicted molar refractivity (Wildman–Crippen MR) is 83.1 cm³/mol. The Morgan fingerprint density at radius 2 is 2.05 bits per heavy atom. The molecule has 1 heterocycles. The molecular weight excluding hydrogens is 274 g/mol. The first-order valence-electron chi connectivity index (χ1n) is 7.04.